The van der Waals surface area contributed by atoms with Crippen LogP contribution in [0, 0.1) is 0 Å². The minimum absolute atomic E-state index is 0.402. The average Bonchev–Trinajstić information content (AvgIpc) is 2.86. The largest absolute Gasteiger partial charge is 0.497 e. The Morgan fingerprint density at radius 3 is 2.71 bits per heavy atom. The Hall–Kier alpha value is -1.68. The zero-order valence-electron chi connectivity index (χ0n) is 9.66. The fourth-order valence-corrected chi connectivity index (χ4v) is 1.70. The van der Waals surface area contributed by atoms with Crippen LogP contribution in [0.2, 0.25) is 0 Å². The Bertz CT molecular complexity index is 511. The first-order chi connectivity index (χ1) is 8.28. The van der Waals surface area contributed by atoms with Crippen LogP contribution in [0.25, 0.3) is 11.4 Å². The first kappa shape index (κ1) is 11.8. The number of hydrogen-bond acceptors (Lipinski definition) is 3. The summed E-state index contributed by atoms with van der Waals surface area (Å²) in [5.41, 5.74) is 1.72. The molecular weight excluding hydrogens is 240 g/mol. The Labute approximate surface area is 105 Å². The first-order valence-corrected chi connectivity index (χ1v) is 5.64. The van der Waals surface area contributed by atoms with Crippen molar-refractivity contribution in [2.45, 2.75) is 5.88 Å². The van der Waals surface area contributed by atoms with Gasteiger partial charge in [-0.05, 0) is 18.2 Å². The van der Waals surface area contributed by atoms with Crippen LogP contribution in [0.4, 0.5) is 0 Å². The maximum atomic E-state index is 5.73. The number of rotatable bonds is 4. The zero-order chi connectivity index (χ0) is 12.3. The molecule has 17 heavy (non-hydrogen) atoms. The average molecular weight is 253 g/mol. The van der Waals surface area contributed by atoms with Gasteiger partial charge in [0, 0.05) is 11.9 Å². The predicted octanol–water partition coefficient (Wildman–Crippen LogP) is 2.83. The van der Waals surface area contributed by atoms with Gasteiger partial charge in [0.1, 0.15) is 17.3 Å². The van der Waals surface area contributed by atoms with Crippen molar-refractivity contribution in [3.63, 3.8) is 0 Å². The van der Waals surface area contributed by atoms with Crippen molar-refractivity contribution in [3.05, 3.63) is 30.1 Å². The van der Waals surface area contributed by atoms with E-state index in [4.69, 9.17) is 21.1 Å². The lowest BCUT2D eigenvalue weighted by atomic mass is 10.2. The van der Waals surface area contributed by atoms with Gasteiger partial charge in [0.15, 0.2) is 0 Å². The summed E-state index contributed by atoms with van der Waals surface area (Å²) in [6.07, 6.45) is 1.71. The normalized spacial score (nSPS) is 10.3. The summed E-state index contributed by atoms with van der Waals surface area (Å²) in [6, 6.07) is 5.56. The summed E-state index contributed by atoms with van der Waals surface area (Å²) in [4.78, 5) is 7.39. The second kappa shape index (κ2) is 5.10. The van der Waals surface area contributed by atoms with E-state index in [1.807, 2.05) is 18.2 Å². The SMILES string of the molecule is COc1ccc(OC)c(-c2ncc(CCl)[nH]2)c1. The number of H-pyrrole nitrogens is 1. The highest BCUT2D eigenvalue weighted by Crippen LogP contribution is 2.31. The molecule has 4 nitrogen and oxygen atoms in total. The van der Waals surface area contributed by atoms with E-state index in [1.54, 1.807) is 20.4 Å². The van der Waals surface area contributed by atoms with Crippen LogP contribution >= 0.6 is 11.6 Å². The monoisotopic (exact) mass is 252 g/mol. The number of alkyl halides is 1. The van der Waals surface area contributed by atoms with Crippen LogP contribution in [0.5, 0.6) is 11.5 Å². The van der Waals surface area contributed by atoms with Crippen LogP contribution in [0.3, 0.4) is 0 Å². The van der Waals surface area contributed by atoms with Gasteiger partial charge >= 0.3 is 0 Å². The summed E-state index contributed by atoms with van der Waals surface area (Å²) in [5, 5.41) is 0. The Balaban J connectivity index is 2.47. The van der Waals surface area contributed by atoms with Crippen molar-refractivity contribution < 1.29 is 9.47 Å². The minimum Gasteiger partial charge on any atom is -0.497 e. The van der Waals surface area contributed by atoms with Crippen LogP contribution in [0.1, 0.15) is 5.69 Å². The van der Waals surface area contributed by atoms with Gasteiger partial charge in [-0.15, -0.1) is 11.6 Å². The van der Waals surface area contributed by atoms with Gasteiger partial charge < -0.3 is 14.5 Å². The molecule has 0 spiro atoms. The van der Waals surface area contributed by atoms with Crippen molar-refractivity contribution in [1.29, 1.82) is 0 Å². The van der Waals surface area contributed by atoms with E-state index in [0.717, 1.165) is 28.6 Å². The number of benzene rings is 1. The van der Waals surface area contributed by atoms with E-state index < -0.39 is 0 Å². The third-order valence-electron chi connectivity index (χ3n) is 2.43. The lowest BCUT2D eigenvalue weighted by Gasteiger charge is -2.08. The molecular formula is C12H13ClN2O2. The summed E-state index contributed by atoms with van der Waals surface area (Å²) < 4.78 is 10.5. The molecule has 0 aliphatic rings. The van der Waals surface area contributed by atoms with Gasteiger partial charge in [-0.25, -0.2) is 4.98 Å². The highest BCUT2D eigenvalue weighted by molar-refractivity contribution is 6.16. The molecule has 0 radical (unpaired) electrons. The molecule has 1 aromatic heterocycles. The zero-order valence-corrected chi connectivity index (χ0v) is 10.4. The number of ether oxygens (including phenoxy) is 2. The third kappa shape index (κ3) is 2.36. The molecule has 2 rings (SSSR count). The molecule has 1 N–H and O–H groups in total. The maximum absolute atomic E-state index is 5.73. The quantitative estimate of drug-likeness (QED) is 0.852. The number of halogens is 1. The molecule has 5 heteroatoms. The molecule has 1 heterocycles. The van der Waals surface area contributed by atoms with Gasteiger partial charge in [0.25, 0.3) is 0 Å². The van der Waals surface area contributed by atoms with E-state index in [1.165, 1.54) is 0 Å². The molecule has 0 fully saturated rings. The van der Waals surface area contributed by atoms with Crippen LogP contribution < -0.4 is 9.47 Å². The topological polar surface area (TPSA) is 47.1 Å². The molecule has 90 valence electrons. The minimum atomic E-state index is 0.402. The maximum Gasteiger partial charge on any atom is 0.141 e. The lowest BCUT2D eigenvalue weighted by Crippen LogP contribution is -1.91. The van der Waals surface area contributed by atoms with Crippen molar-refractivity contribution >= 4 is 11.6 Å². The number of hydrogen-bond donors (Lipinski definition) is 1. The molecule has 0 aliphatic carbocycles. The second-order valence-corrected chi connectivity index (χ2v) is 3.72. The molecule has 2 aromatic rings. The van der Waals surface area contributed by atoms with E-state index in [0.29, 0.717) is 5.88 Å². The smallest absolute Gasteiger partial charge is 0.141 e. The number of nitrogens with zero attached hydrogens (tertiary/aromatic N) is 1. The Kier molecular flexibility index (Phi) is 3.54. The van der Waals surface area contributed by atoms with Gasteiger partial charge in [-0.3, -0.25) is 0 Å². The van der Waals surface area contributed by atoms with E-state index in [-0.39, 0.29) is 0 Å². The van der Waals surface area contributed by atoms with E-state index in [2.05, 4.69) is 9.97 Å². The van der Waals surface area contributed by atoms with Crippen LogP contribution in [-0.4, -0.2) is 24.2 Å². The number of nitrogens with one attached hydrogen (secondary N) is 1. The molecule has 0 unspecified atom stereocenters. The number of imidazole rings is 1. The summed E-state index contributed by atoms with van der Waals surface area (Å²) in [7, 11) is 3.24. The summed E-state index contributed by atoms with van der Waals surface area (Å²) >= 11 is 5.73. The summed E-state index contributed by atoms with van der Waals surface area (Å²) in [6.45, 7) is 0. The predicted molar refractivity (Wildman–Crippen MR) is 66.7 cm³/mol. The highest BCUT2D eigenvalue weighted by atomic mass is 35.5. The molecule has 0 saturated carbocycles. The fourth-order valence-electron chi connectivity index (χ4n) is 1.56. The molecule has 0 bridgehead atoms. The van der Waals surface area contributed by atoms with Crippen LogP contribution in [-0.2, 0) is 5.88 Å². The Morgan fingerprint density at radius 1 is 1.29 bits per heavy atom. The molecule has 1 aromatic carbocycles. The molecule has 0 amide bonds. The number of methoxy groups -OCH3 is 2. The lowest BCUT2D eigenvalue weighted by molar-refractivity contribution is 0.404. The number of aromatic amines is 1. The van der Waals surface area contributed by atoms with E-state index in [9.17, 15) is 0 Å². The standard InChI is InChI=1S/C12H13ClN2O2/c1-16-9-3-4-11(17-2)10(5-9)12-14-7-8(6-13)15-12/h3-5,7H,6H2,1-2H3,(H,14,15). The molecule has 0 aliphatic heterocycles. The van der Waals surface area contributed by atoms with Crippen molar-refractivity contribution in [2.75, 3.05) is 14.2 Å². The molecule has 0 atom stereocenters. The second-order valence-electron chi connectivity index (χ2n) is 3.46. The van der Waals surface area contributed by atoms with E-state index >= 15 is 0 Å². The van der Waals surface area contributed by atoms with Crippen molar-refractivity contribution in [1.82, 2.24) is 9.97 Å². The Morgan fingerprint density at radius 2 is 2.12 bits per heavy atom. The highest BCUT2D eigenvalue weighted by Gasteiger charge is 2.10. The van der Waals surface area contributed by atoms with Crippen LogP contribution in [0.15, 0.2) is 24.4 Å². The van der Waals surface area contributed by atoms with Gasteiger partial charge in [-0.2, -0.15) is 0 Å². The van der Waals surface area contributed by atoms with Gasteiger partial charge in [0.2, 0.25) is 0 Å². The third-order valence-corrected chi connectivity index (χ3v) is 2.72. The fraction of sp³-hybridized carbons (Fsp3) is 0.250. The molecule has 0 saturated heterocycles. The summed E-state index contributed by atoms with van der Waals surface area (Å²) in [5.74, 6) is 2.61. The number of aromatic nitrogens is 2. The van der Waals surface area contributed by atoms with Crippen molar-refractivity contribution in [3.8, 4) is 22.9 Å². The van der Waals surface area contributed by atoms with Crippen molar-refractivity contribution in [2.24, 2.45) is 0 Å². The first-order valence-electron chi connectivity index (χ1n) is 5.10. The van der Waals surface area contributed by atoms with Gasteiger partial charge in [-0.1, -0.05) is 0 Å². The van der Waals surface area contributed by atoms with Gasteiger partial charge in [0.05, 0.1) is 25.7 Å².